The van der Waals surface area contributed by atoms with E-state index in [4.69, 9.17) is 0 Å². The molecular formula is C20H38. The molecule has 0 bridgehead atoms. The Morgan fingerprint density at radius 1 is 0.500 bits per heavy atom. The van der Waals surface area contributed by atoms with Crippen molar-refractivity contribution in [2.75, 3.05) is 0 Å². The van der Waals surface area contributed by atoms with E-state index in [0.717, 1.165) is 17.8 Å². The standard InChI is InChI=1S/C13H24.C7H14/c1-3-7-12(8-4-1)11-13-9-5-2-6-10-13;1-7-5-3-2-4-6-7/h12-13H,1-11H2;7H,2-6H2,1H3. The van der Waals surface area contributed by atoms with Gasteiger partial charge < -0.3 is 0 Å². The maximum atomic E-state index is 2.36. The summed E-state index contributed by atoms with van der Waals surface area (Å²) in [5.41, 5.74) is 0. The van der Waals surface area contributed by atoms with Gasteiger partial charge in [-0.2, -0.15) is 0 Å². The summed E-state index contributed by atoms with van der Waals surface area (Å²) in [6.45, 7) is 2.36. The molecule has 0 spiro atoms. The van der Waals surface area contributed by atoms with Crippen LogP contribution in [0.3, 0.4) is 0 Å². The highest BCUT2D eigenvalue weighted by Gasteiger charge is 2.20. The Hall–Kier alpha value is 0. The highest BCUT2D eigenvalue weighted by molar-refractivity contribution is 4.73. The molecule has 0 atom stereocenters. The first-order valence-corrected chi connectivity index (χ1v) is 9.84. The third kappa shape index (κ3) is 6.64. The molecule has 3 rings (SSSR count). The fraction of sp³-hybridized carbons (Fsp3) is 1.00. The molecule has 0 amide bonds. The molecule has 3 fully saturated rings. The maximum absolute atomic E-state index is 2.36. The fourth-order valence-corrected chi connectivity index (χ4v) is 4.62. The van der Waals surface area contributed by atoms with E-state index in [0.29, 0.717) is 0 Å². The van der Waals surface area contributed by atoms with Gasteiger partial charge >= 0.3 is 0 Å². The van der Waals surface area contributed by atoms with E-state index in [1.54, 1.807) is 32.1 Å². The molecular weight excluding hydrogens is 240 g/mol. The fourth-order valence-electron chi connectivity index (χ4n) is 4.62. The zero-order valence-corrected chi connectivity index (χ0v) is 14.0. The van der Waals surface area contributed by atoms with Crippen LogP contribution in [-0.2, 0) is 0 Å². The van der Waals surface area contributed by atoms with Crippen molar-refractivity contribution in [3.63, 3.8) is 0 Å². The average molecular weight is 279 g/mol. The van der Waals surface area contributed by atoms with E-state index in [9.17, 15) is 0 Å². The molecule has 0 aromatic carbocycles. The summed E-state index contributed by atoms with van der Waals surface area (Å²) in [4.78, 5) is 0. The molecule has 3 aliphatic rings. The predicted octanol–water partition coefficient (Wildman–Crippen LogP) is 7.12. The van der Waals surface area contributed by atoms with Crippen molar-refractivity contribution < 1.29 is 0 Å². The number of hydrogen-bond donors (Lipinski definition) is 0. The second-order valence-electron chi connectivity index (χ2n) is 7.99. The van der Waals surface area contributed by atoms with Crippen molar-refractivity contribution in [1.82, 2.24) is 0 Å². The molecule has 0 saturated heterocycles. The number of hydrogen-bond acceptors (Lipinski definition) is 0. The molecule has 0 radical (unpaired) electrons. The van der Waals surface area contributed by atoms with Crippen molar-refractivity contribution in [3.8, 4) is 0 Å². The molecule has 3 aliphatic carbocycles. The minimum absolute atomic E-state index is 1.04. The van der Waals surface area contributed by atoms with Crippen LogP contribution in [0.1, 0.15) is 110 Å². The van der Waals surface area contributed by atoms with Gasteiger partial charge in [0.15, 0.2) is 0 Å². The molecule has 0 unspecified atom stereocenters. The molecule has 20 heavy (non-hydrogen) atoms. The van der Waals surface area contributed by atoms with Crippen molar-refractivity contribution >= 4 is 0 Å². The van der Waals surface area contributed by atoms with Crippen LogP contribution < -0.4 is 0 Å². The lowest BCUT2D eigenvalue weighted by Gasteiger charge is -2.28. The van der Waals surface area contributed by atoms with Gasteiger partial charge in [0.1, 0.15) is 0 Å². The van der Waals surface area contributed by atoms with Crippen LogP contribution >= 0.6 is 0 Å². The zero-order valence-electron chi connectivity index (χ0n) is 14.0. The van der Waals surface area contributed by atoms with Crippen molar-refractivity contribution in [2.45, 2.75) is 110 Å². The van der Waals surface area contributed by atoms with Crippen molar-refractivity contribution in [1.29, 1.82) is 0 Å². The van der Waals surface area contributed by atoms with Crippen LogP contribution in [0.5, 0.6) is 0 Å². The third-order valence-corrected chi connectivity index (χ3v) is 6.01. The minimum Gasteiger partial charge on any atom is -0.0625 e. The Bertz CT molecular complexity index is 198. The molecule has 0 heterocycles. The van der Waals surface area contributed by atoms with Gasteiger partial charge in [0.05, 0.1) is 0 Å². The van der Waals surface area contributed by atoms with Gasteiger partial charge in [0.25, 0.3) is 0 Å². The van der Waals surface area contributed by atoms with E-state index >= 15 is 0 Å². The normalized spacial score (nSPS) is 26.9. The van der Waals surface area contributed by atoms with Crippen LogP contribution in [0, 0.1) is 17.8 Å². The highest BCUT2D eigenvalue weighted by Crippen LogP contribution is 2.34. The SMILES string of the molecule is C1CCC(CC2CCCCC2)CC1.CC1CCCCC1. The van der Waals surface area contributed by atoms with Crippen LogP contribution in [0.2, 0.25) is 0 Å². The Kier molecular flexibility index (Phi) is 8.06. The molecule has 0 heteroatoms. The lowest BCUT2D eigenvalue weighted by atomic mass is 9.78. The topological polar surface area (TPSA) is 0 Å². The smallest absolute Gasteiger partial charge is 0.0412 e. The second kappa shape index (κ2) is 9.85. The van der Waals surface area contributed by atoms with Gasteiger partial charge in [-0.25, -0.2) is 0 Å². The van der Waals surface area contributed by atoms with Gasteiger partial charge in [0, 0.05) is 0 Å². The Labute approximate surface area is 128 Å². The number of rotatable bonds is 2. The first-order valence-electron chi connectivity index (χ1n) is 9.84. The summed E-state index contributed by atoms with van der Waals surface area (Å²) in [6, 6.07) is 0. The quantitative estimate of drug-likeness (QED) is 0.504. The monoisotopic (exact) mass is 278 g/mol. The van der Waals surface area contributed by atoms with Gasteiger partial charge in [-0.15, -0.1) is 0 Å². The lowest BCUT2D eigenvalue weighted by molar-refractivity contribution is 0.244. The summed E-state index contributed by atoms with van der Waals surface area (Å²) >= 11 is 0. The van der Waals surface area contributed by atoms with E-state index < -0.39 is 0 Å². The Morgan fingerprint density at radius 3 is 1.15 bits per heavy atom. The van der Waals surface area contributed by atoms with Gasteiger partial charge in [-0.1, -0.05) is 103 Å². The lowest BCUT2D eigenvalue weighted by Crippen LogP contribution is -2.14. The average Bonchev–Trinajstić information content (AvgIpc) is 2.51. The van der Waals surface area contributed by atoms with Crippen molar-refractivity contribution in [3.05, 3.63) is 0 Å². The molecule has 0 N–H and O–H groups in total. The van der Waals surface area contributed by atoms with Crippen molar-refractivity contribution in [2.24, 2.45) is 17.8 Å². The van der Waals surface area contributed by atoms with E-state index in [-0.39, 0.29) is 0 Å². The third-order valence-electron chi connectivity index (χ3n) is 6.01. The first kappa shape index (κ1) is 16.4. The molecule has 0 aliphatic heterocycles. The van der Waals surface area contributed by atoms with Crippen LogP contribution in [0.4, 0.5) is 0 Å². The molecule has 0 aromatic heterocycles. The predicted molar refractivity (Wildman–Crippen MR) is 90.0 cm³/mol. The van der Waals surface area contributed by atoms with Gasteiger partial charge in [-0.3, -0.25) is 0 Å². The molecule has 3 saturated carbocycles. The van der Waals surface area contributed by atoms with E-state index in [2.05, 4.69) is 6.92 Å². The molecule has 118 valence electrons. The minimum atomic E-state index is 1.04. The second-order valence-corrected chi connectivity index (χ2v) is 7.99. The van der Waals surface area contributed by atoms with Crippen LogP contribution in [0.25, 0.3) is 0 Å². The highest BCUT2D eigenvalue weighted by atomic mass is 14.3. The largest absolute Gasteiger partial charge is 0.0625 e. The van der Waals surface area contributed by atoms with Gasteiger partial charge in [0.2, 0.25) is 0 Å². The molecule has 0 aromatic rings. The zero-order chi connectivity index (χ0) is 14.0. The Morgan fingerprint density at radius 2 is 0.850 bits per heavy atom. The van der Waals surface area contributed by atoms with Gasteiger partial charge in [-0.05, 0) is 24.2 Å². The van der Waals surface area contributed by atoms with Crippen LogP contribution in [0.15, 0.2) is 0 Å². The first-order chi connectivity index (χ1) is 9.84. The summed E-state index contributed by atoms with van der Waals surface area (Å²) < 4.78 is 0. The van der Waals surface area contributed by atoms with E-state index in [1.165, 1.54) is 70.6 Å². The molecule has 0 nitrogen and oxygen atoms in total. The van der Waals surface area contributed by atoms with E-state index in [1.807, 2.05) is 0 Å². The Balaban J connectivity index is 0.000000178. The summed E-state index contributed by atoms with van der Waals surface area (Å²) in [7, 11) is 0. The maximum Gasteiger partial charge on any atom is -0.0412 e. The van der Waals surface area contributed by atoms with Crippen LogP contribution in [-0.4, -0.2) is 0 Å². The summed E-state index contributed by atoms with van der Waals surface area (Å²) in [5.74, 6) is 3.28. The summed E-state index contributed by atoms with van der Waals surface area (Å²) in [5, 5.41) is 0. The summed E-state index contributed by atoms with van der Waals surface area (Å²) in [6.07, 6.45) is 24.4.